The Labute approximate surface area is 119 Å². The molecule has 4 heteroatoms. The number of rotatable bonds is 5. The van der Waals surface area contributed by atoms with Crippen LogP contribution in [-0.4, -0.2) is 23.7 Å². The molecule has 1 unspecified atom stereocenters. The van der Waals surface area contributed by atoms with E-state index in [0.717, 1.165) is 30.1 Å². The molecule has 0 fully saturated rings. The molecular formula is C15H23NO2S. The lowest BCUT2D eigenvalue weighted by atomic mass is 9.87. The highest BCUT2D eigenvalue weighted by Crippen LogP contribution is 2.33. The quantitative estimate of drug-likeness (QED) is 0.872. The van der Waals surface area contributed by atoms with E-state index in [9.17, 15) is 4.79 Å². The van der Waals surface area contributed by atoms with E-state index in [1.165, 1.54) is 23.3 Å². The predicted octanol–water partition coefficient (Wildman–Crippen LogP) is 2.76. The zero-order valence-corrected chi connectivity index (χ0v) is 12.6. The Balaban J connectivity index is 2.06. The number of fused-ring (bicyclic) bond motifs is 1. The van der Waals surface area contributed by atoms with Gasteiger partial charge in [0.25, 0.3) is 5.91 Å². The van der Waals surface area contributed by atoms with Crippen LogP contribution in [0.15, 0.2) is 6.07 Å². The number of carbonyl (C=O) groups is 1. The molecule has 1 heterocycles. The Hall–Kier alpha value is -0.870. The van der Waals surface area contributed by atoms with Crippen molar-refractivity contribution in [2.45, 2.75) is 52.0 Å². The minimum atomic E-state index is -0.130. The van der Waals surface area contributed by atoms with Gasteiger partial charge in [0.2, 0.25) is 0 Å². The van der Waals surface area contributed by atoms with Crippen LogP contribution in [0.3, 0.4) is 0 Å². The summed E-state index contributed by atoms with van der Waals surface area (Å²) in [7, 11) is 0. The summed E-state index contributed by atoms with van der Waals surface area (Å²) in [4.78, 5) is 14.3. The molecule has 2 N–H and O–H groups in total. The van der Waals surface area contributed by atoms with Gasteiger partial charge in [-0.3, -0.25) is 4.79 Å². The second-order valence-corrected chi connectivity index (χ2v) is 6.47. The number of aliphatic hydroxyl groups excluding tert-OH is 1. The Bertz CT molecular complexity index is 437. The van der Waals surface area contributed by atoms with Gasteiger partial charge in [-0.2, -0.15) is 0 Å². The Morgan fingerprint density at radius 2 is 2.37 bits per heavy atom. The highest BCUT2D eigenvalue weighted by atomic mass is 32.1. The van der Waals surface area contributed by atoms with Gasteiger partial charge in [0, 0.05) is 4.88 Å². The number of hydrogen-bond acceptors (Lipinski definition) is 3. The molecule has 19 heavy (non-hydrogen) atoms. The van der Waals surface area contributed by atoms with Gasteiger partial charge in [-0.15, -0.1) is 11.3 Å². The fourth-order valence-electron chi connectivity index (χ4n) is 2.59. The number of thiophene rings is 1. The van der Waals surface area contributed by atoms with Crippen molar-refractivity contribution in [1.82, 2.24) is 5.32 Å². The van der Waals surface area contributed by atoms with E-state index in [1.54, 1.807) is 11.3 Å². The summed E-state index contributed by atoms with van der Waals surface area (Å²) in [6.45, 7) is 4.21. The molecular weight excluding hydrogens is 258 g/mol. The fourth-order valence-corrected chi connectivity index (χ4v) is 3.70. The van der Waals surface area contributed by atoms with Crippen LogP contribution >= 0.6 is 11.3 Å². The van der Waals surface area contributed by atoms with Gasteiger partial charge in [-0.25, -0.2) is 0 Å². The van der Waals surface area contributed by atoms with Gasteiger partial charge < -0.3 is 10.4 Å². The number of aryl methyl sites for hydroxylation is 1. The minimum absolute atomic E-state index is 0.00520. The Kier molecular flexibility index (Phi) is 4.99. The van der Waals surface area contributed by atoms with Gasteiger partial charge >= 0.3 is 0 Å². The molecule has 1 aromatic heterocycles. The van der Waals surface area contributed by atoms with Crippen molar-refractivity contribution in [3.8, 4) is 0 Å². The van der Waals surface area contributed by atoms with Crippen molar-refractivity contribution < 1.29 is 9.90 Å². The van der Waals surface area contributed by atoms with Crippen molar-refractivity contribution in [2.24, 2.45) is 5.92 Å². The monoisotopic (exact) mass is 281 g/mol. The molecule has 0 bridgehead atoms. The highest BCUT2D eigenvalue weighted by Gasteiger charge is 2.22. The van der Waals surface area contributed by atoms with Gasteiger partial charge in [0.1, 0.15) is 0 Å². The van der Waals surface area contributed by atoms with Gasteiger partial charge in [0.15, 0.2) is 0 Å². The fraction of sp³-hybridized carbons (Fsp3) is 0.667. The molecule has 0 saturated carbocycles. The first-order valence-electron chi connectivity index (χ1n) is 7.21. The summed E-state index contributed by atoms with van der Waals surface area (Å²) in [6.07, 6.45) is 5.46. The van der Waals surface area contributed by atoms with Crippen LogP contribution in [-0.2, 0) is 12.8 Å². The third kappa shape index (κ3) is 3.37. The summed E-state index contributed by atoms with van der Waals surface area (Å²) in [5.74, 6) is 0.743. The summed E-state index contributed by atoms with van der Waals surface area (Å²) in [5.41, 5.74) is 1.37. The van der Waals surface area contributed by atoms with Crippen LogP contribution in [0.4, 0.5) is 0 Å². The molecule has 1 aromatic rings. The molecule has 0 spiro atoms. The topological polar surface area (TPSA) is 49.3 Å². The second kappa shape index (κ2) is 6.53. The molecule has 3 nitrogen and oxygen atoms in total. The van der Waals surface area contributed by atoms with Crippen molar-refractivity contribution in [3.63, 3.8) is 0 Å². The van der Waals surface area contributed by atoms with E-state index in [0.29, 0.717) is 0 Å². The molecule has 106 valence electrons. The minimum Gasteiger partial charge on any atom is -0.394 e. The molecule has 2 atom stereocenters. The first kappa shape index (κ1) is 14.5. The second-order valence-electron chi connectivity index (χ2n) is 5.34. The summed E-state index contributed by atoms with van der Waals surface area (Å²) in [6, 6.07) is 1.93. The van der Waals surface area contributed by atoms with Crippen LogP contribution in [0.25, 0.3) is 0 Å². The van der Waals surface area contributed by atoms with Crippen LogP contribution < -0.4 is 5.32 Å². The molecule has 0 radical (unpaired) electrons. The predicted molar refractivity (Wildman–Crippen MR) is 78.8 cm³/mol. The largest absolute Gasteiger partial charge is 0.394 e. The highest BCUT2D eigenvalue weighted by molar-refractivity contribution is 7.14. The normalized spacial score (nSPS) is 19.8. The van der Waals surface area contributed by atoms with Crippen molar-refractivity contribution in [1.29, 1.82) is 0 Å². The van der Waals surface area contributed by atoms with Gasteiger partial charge in [-0.1, -0.05) is 20.3 Å². The first-order valence-corrected chi connectivity index (χ1v) is 8.02. The summed E-state index contributed by atoms with van der Waals surface area (Å²) >= 11 is 1.63. The van der Waals surface area contributed by atoms with Crippen molar-refractivity contribution in [2.75, 3.05) is 6.61 Å². The van der Waals surface area contributed by atoms with E-state index in [1.807, 2.05) is 6.92 Å². The molecule has 0 aromatic carbocycles. The average Bonchev–Trinajstić information content (AvgIpc) is 2.87. The maximum Gasteiger partial charge on any atom is 0.261 e. The molecule has 2 rings (SSSR count). The zero-order valence-electron chi connectivity index (χ0n) is 11.7. The number of carbonyl (C=O) groups excluding carboxylic acids is 1. The van der Waals surface area contributed by atoms with Crippen LogP contribution in [0, 0.1) is 5.92 Å². The molecule has 0 saturated heterocycles. The molecule has 1 aliphatic rings. The van der Waals surface area contributed by atoms with Crippen molar-refractivity contribution >= 4 is 17.2 Å². The Morgan fingerprint density at radius 3 is 3.00 bits per heavy atom. The number of hydrogen-bond donors (Lipinski definition) is 2. The maximum absolute atomic E-state index is 12.1. The number of amides is 1. The van der Waals surface area contributed by atoms with Gasteiger partial charge in [-0.05, 0) is 43.2 Å². The van der Waals surface area contributed by atoms with Crippen LogP contribution in [0.5, 0.6) is 0 Å². The number of nitrogens with one attached hydrogen (secondary N) is 1. The number of aliphatic hydroxyl groups is 1. The van der Waals surface area contributed by atoms with E-state index in [-0.39, 0.29) is 18.6 Å². The van der Waals surface area contributed by atoms with E-state index >= 15 is 0 Å². The first-order chi connectivity index (χ1) is 9.17. The lowest BCUT2D eigenvalue weighted by Gasteiger charge is -2.19. The molecule has 1 amide bonds. The van der Waals surface area contributed by atoms with E-state index < -0.39 is 0 Å². The molecule has 1 aliphatic carbocycles. The SMILES string of the molecule is CCC1CCc2sc(C(=O)N[C@@H](CC)CO)cc2C1. The van der Waals surface area contributed by atoms with E-state index in [4.69, 9.17) is 5.11 Å². The summed E-state index contributed by atoms with van der Waals surface area (Å²) in [5, 5.41) is 12.0. The van der Waals surface area contributed by atoms with Crippen LogP contribution in [0.1, 0.15) is 53.2 Å². The third-order valence-electron chi connectivity index (χ3n) is 4.03. The standard InChI is InChI=1S/C15H23NO2S/c1-3-10-5-6-13-11(7-10)8-14(19-13)15(18)16-12(4-2)9-17/h8,10,12,17H,3-7,9H2,1-2H3,(H,16,18)/t10?,12-/m0/s1. The van der Waals surface area contributed by atoms with Gasteiger partial charge in [0.05, 0.1) is 17.5 Å². The lowest BCUT2D eigenvalue weighted by molar-refractivity contribution is 0.0919. The van der Waals surface area contributed by atoms with Crippen molar-refractivity contribution in [3.05, 3.63) is 21.4 Å². The molecule has 0 aliphatic heterocycles. The zero-order chi connectivity index (χ0) is 13.8. The average molecular weight is 281 g/mol. The van der Waals surface area contributed by atoms with Crippen LogP contribution in [0.2, 0.25) is 0 Å². The third-order valence-corrected chi connectivity index (χ3v) is 5.27. The smallest absolute Gasteiger partial charge is 0.261 e. The maximum atomic E-state index is 12.1. The Morgan fingerprint density at radius 1 is 1.58 bits per heavy atom. The summed E-state index contributed by atoms with van der Waals surface area (Å²) < 4.78 is 0. The van der Waals surface area contributed by atoms with E-state index in [2.05, 4.69) is 18.3 Å². The lowest BCUT2D eigenvalue weighted by Crippen LogP contribution is -2.36.